The van der Waals surface area contributed by atoms with Gasteiger partial charge in [-0.2, -0.15) is 5.26 Å². The zero-order chi connectivity index (χ0) is 19.8. The van der Waals surface area contributed by atoms with E-state index in [1.165, 1.54) is 51.4 Å². The minimum absolute atomic E-state index is 0.144. The smallest absolute Gasteiger partial charge is 0.141 e. The second-order valence-corrected chi connectivity index (χ2v) is 8.83. The van der Waals surface area contributed by atoms with Crippen molar-refractivity contribution in [1.82, 2.24) is 0 Å². The van der Waals surface area contributed by atoms with Crippen molar-refractivity contribution >= 4 is 0 Å². The minimum atomic E-state index is -0.378. The molecular formula is C25H33F2N. The first-order chi connectivity index (χ1) is 13.7. The van der Waals surface area contributed by atoms with E-state index in [1.807, 2.05) is 18.2 Å². The number of nitrogens with zero attached hydrogens (tertiary/aromatic N) is 1. The summed E-state index contributed by atoms with van der Waals surface area (Å²) in [6.45, 7) is -0.242. The van der Waals surface area contributed by atoms with E-state index in [1.54, 1.807) is 12.1 Å². The zero-order valence-corrected chi connectivity index (χ0v) is 16.9. The molecule has 0 heterocycles. The SMILES string of the molecule is N#Cc1ccc(C2CCC(CC[C@H]3CC[C@H](/C=C/CCF)CC3)CC2)cc1F. The van der Waals surface area contributed by atoms with Crippen LogP contribution in [0.5, 0.6) is 0 Å². The first-order valence-corrected chi connectivity index (χ1v) is 11.1. The van der Waals surface area contributed by atoms with Crippen molar-refractivity contribution in [1.29, 1.82) is 5.26 Å². The molecule has 2 fully saturated rings. The van der Waals surface area contributed by atoms with Gasteiger partial charge < -0.3 is 0 Å². The number of nitriles is 1. The van der Waals surface area contributed by atoms with Crippen molar-refractivity contribution in [2.75, 3.05) is 6.67 Å². The maximum Gasteiger partial charge on any atom is 0.141 e. The van der Waals surface area contributed by atoms with Gasteiger partial charge in [-0.3, -0.25) is 4.39 Å². The Hall–Kier alpha value is -1.69. The fraction of sp³-hybridized carbons (Fsp3) is 0.640. The number of rotatable bonds is 7. The Morgan fingerprint density at radius 2 is 1.61 bits per heavy atom. The van der Waals surface area contributed by atoms with Crippen LogP contribution in [-0.4, -0.2) is 6.67 Å². The Kier molecular flexibility index (Phi) is 8.07. The van der Waals surface area contributed by atoms with Crippen molar-refractivity contribution in [2.45, 2.75) is 76.5 Å². The maximum absolute atomic E-state index is 13.9. The van der Waals surface area contributed by atoms with Gasteiger partial charge in [-0.05, 0) is 99.2 Å². The van der Waals surface area contributed by atoms with E-state index in [2.05, 4.69) is 6.08 Å². The molecule has 2 aliphatic rings. The van der Waals surface area contributed by atoms with Crippen LogP contribution in [0.15, 0.2) is 30.4 Å². The average Bonchev–Trinajstić information content (AvgIpc) is 2.74. The summed E-state index contributed by atoms with van der Waals surface area (Å²) in [7, 11) is 0. The van der Waals surface area contributed by atoms with Gasteiger partial charge in [-0.25, -0.2) is 4.39 Å². The molecule has 1 aromatic rings. The maximum atomic E-state index is 13.9. The van der Waals surface area contributed by atoms with E-state index in [-0.39, 0.29) is 18.1 Å². The van der Waals surface area contributed by atoms with E-state index in [4.69, 9.17) is 5.26 Å². The van der Waals surface area contributed by atoms with Crippen molar-refractivity contribution in [2.24, 2.45) is 17.8 Å². The van der Waals surface area contributed by atoms with Gasteiger partial charge in [0.15, 0.2) is 0 Å². The van der Waals surface area contributed by atoms with Gasteiger partial charge in [0, 0.05) is 0 Å². The normalized spacial score (nSPS) is 28.3. The molecule has 0 radical (unpaired) electrons. The minimum Gasteiger partial charge on any atom is -0.251 e. The Labute approximate surface area is 168 Å². The fourth-order valence-electron chi connectivity index (χ4n) is 5.15. The van der Waals surface area contributed by atoms with Crippen LogP contribution in [0.1, 0.15) is 87.7 Å². The molecule has 0 spiro atoms. The molecule has 3 heteroatoms. The number of alkyl halides is 1. The highest BCUT2D eigenvalue weighted by Crippen LogP contribution is 2.40. The summed E-state index contributed by atoms with van der Waals surface area (Å²) in [4.78, 5) is 0. The first-order valence-electron chi connectivity index (χ1n) is 11.1. The number of benzene rings is 1. The number of hydrogen-bond acceptors (Lipinski definition) is 1. The molecular weight excluding hydrogens is 352 g/mol. The van der Waals surface area contributed by atoms with E-state index in [0.717, 1.165) is 30.2 Å². The third-order valence-electron chi connectivity index (χ3n) is 6.99. The molecule has 1 nitrogen and oxygen atoms in total. The molecule has 152 valence electrons. The molecule has 0 saturated heterocycles. The van der Waals surface area contributed by atoms with Gasteiger partial charge in [0.25, 0.3) is 0 Å². The van der Waals surface area contributed by atoms with E-state index >= 15 is 0 Å². The van der Waals surface area contributed by atoms with Crippen molar-refractivity contribution < 1.29 is 8.78 Å². The van der Waals surface area contributed by atoms with Crippen LogP contribution in [0.25, 0.3) is 0 Å². The van der Waals surface area contributed by atoms with Gasteiger partial charge in [-0.1, -0.05) is 31.1 Å². The lowest BCUT2D eigenvalue weighted by Crippen LogP contribution is -2.17. The molecule has 0 bridgehead atoms. The second kappa shape index (κ2) is 10.7. The van der Waals surface area contributed by atoms with Crippen LogP contribution in [-0.2, 0) is 0 Å². The predicted molar refractivity (Wildman–Crippen MR) is 110 cm³/mol. The Morgan fingerprint density at radius 1 is 0.964 bits per heavy atom. The van der Waals surface area contributed by atoms with Gasteiger partial charge in [0.2, 0.25) is 0 Å². The summed E-state index contributed by atoms with van der Waals surface area (Å²) in [6.07, 6.45) is 17.5. The van der Waals surface area contributed by atoms with Gasteiger partial charge in [-0.15, -0.1) is 0 Å². The van der Waals surface area contributed by atoms with Crippen LogP contribution >= 0.6 is 0 Å². The monoisotopic (exact) mass is 385 g/mol. The molecule has 0 atom stereocenters. The molecule has 2 saturated carbocycles. The second-order valence-electron chi connectivity index (χ2n) is 8.83. The summed E-state index contributed by atoms with van der Waals surface area (Å²) in [5.74, 6) is 2.44. The van der Waals surface area contributed by atoms with Crippen LogP contribution in [0.3, 0.4) is 0 Å². The summed E-state index contributed by atoms with van der Waals surface area (Å²) < 4.78 is 26.1. The lowest BCUT2D eigenvalue weighted by Gasteiger charge is -2.31. The quantitative estimate of drug-likeness (QED) is 0.446. The first kappa shape index (κ1) is 21.0. The molecule has 0 aromatic heterocycles. The highest BCUT2D eigenvalue weighted by Gasteiger charge is 2.25. The molecule has 0 amide bonds. The molecule has 1 aromatic carbocycles. The topological polar surface area (TPSA) is 23.8 Å². The molecule has 2 aliphatic carbocycles. The average molecular weight is 386 g/mol. The highest BCUT2D eigenvalue weighted by atomic mass is 19.1. The Bertz CT molecular complexity index is 674. The largest absolute Gasteiger partial charge is 0.251 e. The van der Waals surface area contributed by atoms with Gasteiger partial charge in [0.05, 0.1) is 12.2 Å². The van der Waals surface area contributed by atoms with Crippen LogP contribution < -0.4 is 0 Å². The lowest BCUT2D eigenvalue weighted by atomic mass is 9.74. The van der Waals surface area contributed by atoms with Crippen molar-refractivity contribution in [3.8, 4) is 6.07 Å². The Balaban J connectivity index is 1.36. The predicted octanol–water partition coefficient (Wildman–Crippen LogP) is 7.47. The van der Waals surface area contributed by atoms with E-state index in [0.29, 0.717) is 18.3 Å². The van der Waals surface area contributed by atoms with Crippen molar-refractivity contribution in [3.05, 3.63) is 47.3 Å². The van der Waals surface area contributed by atoms with Crippen LogP contribution in [0, 0.1) is 34.9 Å². The zero-order valence-electron chi connectivity index (χ0n) is 16.9. The molecule has 0 N–H and O–H groups in total. The van der Waals surface area contributed by atoms with E-state index < -0.39 is 0 Å². The number of halogens is 2. The fourth-order valence-corrected chi connectivity index (χ4v) is 5.15. The summed E-state index contributed by atoms with van der Waals surface area (Å²) in [5.41, 5.74) is 1.21. The van der Waals surface area contributed by atoms with Gasteiger partial charge in [0.1, 0.15) is 11.9 Å². The standard InChI is InChI=1S/C25H33F2N/c26-16-2-1-3-19-4-6-20(7-5-19)8-9-21-10-12-22(13-11-21)23-14-15-24(18-28)25(27)17-23/h1,3,14-15,17,19-22H,2,4-13,16H2/b3-1+/t19-,20-,21?,22?. The number of hydrogen-bond donors (Lipinski definition) is 0. The molecule has 0 aliphatic heterocycles. The molecule has 0 unspecified atom stereocenters. The lowest BCUT2D eigenvalue weighted by molar-refractivity contribution is 0.246. The van der Waals surface area contributed by atoms with Crippen LogP contribution in [0.2, 0.25) is 0 Å². The summed E-state index contributed by atoms with van der Waals surface area (Å²) in [5, 5.41) is 8.88. The van der Waals surface area contributed by atoms with E-state index in [9.17, 15) is 8.78 Å². The third kappa shape index (κ3) is 5.90. The third-order valence-corrected chi connectivity index (χ3v) is 6.99. The summed E-state index contributed by atoms with van der Waals surface area (Å²) >= 11 is 0. The Morgan fingerprint density at radius 3 is 2.18 bits per heavy atom. The molecule has 3 rings (SSSR count). The van der Waals surface area contributed by atoms with Crippen molar-refractivity contribution in [3.63, 3.8) is 0 Å². The van der Waals surface area contributed by atoms with Crippen LogP contribution in [0.4, 0.5) is 8.78 Å². The molecule has 28 heavy (non-hydrogen) atoms. The highest BCUT2D eigenvalue weighted by molar-refractivity contribution is 5.34. The summed E-state index contributed by atoms with van der Waals surface area (Å²) in [6, 6.07) is 7.04. The van der Waals surface area contributed by atoms with Gasteiger partial charge >= 0.3 is 0 Å². The number of allylic oxidation sites excluding steroid dienone is 2.